The highest BCUT2D eigenvalue weighted by Crippen LogP contribution is 2.36. The lowest BCUT2D eigenvalue weighted by Crippen LogP contribution is -2.20. The average Bonchev–Trinajstić information content (AvgIpc) is 2.98. The van der Waals surface area contributed by atoms with E-state index in [0.29, 0.717) is 0 Å². The van der Waals surface area contributed by atoms with Gasteiger partial charge in [0.15, 0.2) is 0 Å². The van der Waals surface area contributed by atoms with Gasteiger partial charge in [0.1, 0.15) is 0 Å². The van der Waals surface area contributed by atoms with E-state index in [-0.39, 0.29) is 5.41 Å². The summed E-state index contributed by atoms with van der Waals surface area (Å²) in [5.74, 6) is 0. The van der Waals surface area contributed by atoms with Crippen LogP contribution in [0.1, 0.15) is 37.5 Å². The molecule has 0 heteroatoms. The van der Waals surface area contributed by atoms with Crippen molar-refractivity contribution in [3.8, 4) is 33.4 Å². The normalized spacial score (nSPS) is 11.1. The maximum atomic E-state index is 4.29. The molecule has 0 aliphatic carbocycles. The summed E-state index contributed by atoms with van der Waals surface area (Å²) in [5.41, 5.74) is 12.4. The fourth-order valence-corrected chi connectivity index (χ4v) is 5.11. The second-order valence-corrected chi connectivity index (χ2v) is 10.8. The molecule has 0 spiro atoms. The minimum absolute atomic E-state index is 0.0971. The summed E-state index contributed by atoms with van der Waals surface area (Å²) in [4.78, 5) is 0. The number of benzene rings is 5. The molecule has 5 aromatic rings. The Labute approximate surface area is 241 Å². The zero-order valence-corrected chi connectivity index (χ0v) is 24.5. The van der Waals surface area contributed by atoms with Crippen molar-refractivity contribution >= 4 is 0 Å². The van der Waals surface area contributed by atoms with E-state index in [2.05, 4.69) is 156 Å². The Kier molecular flexibility index (Phi) is 9.35. The maximum Gasteiger partial charge on any atom is 0.0143 e. The van der Waals surface area contributed by atoms with Crippen LogP contribution in [0.5, 0.6) is 0 Å². The van der Waals surface area contributed by atoms with Gasteiger partial charge in [-0.25, -0.2) is 0 Å². The summed E-state index contributed by atoms with van der Waals surface area (Å²) < 4.78 is 0. The zero-order chi connectivity index (χ0) is 28.5. The third-order valence-electron chi connectivity index (χ3n) is 7.55. The largest absolute Gasteiger partial charge is 0.0950 e. The molecule has 40 heavy (non-hydrogen) atoms. The molecule has 0 radical (unpaired) electrons. The Balaban J connectivity index is 0.000000461. The van der Waals surface area contributed by atoms with Gasteiger partial charge >= 0.3 is 0 Å². The van der Waals surface area contributed by atoms with Gasteiger partial charge in [0.2, 0.25) is 0 Å². The Morgan fingerprint density at radius 3 is 1.55 bits per heavy atom. The monoisotopic (exact) mass is 520 g/mol. The van der Waals surface area contributed by atoms with Crippen molar-refractivity contribution in [2.45, 2.75) is 40.0 Å². The van der Waals surface area contributed by atoms with Crippen LogP contribution >= 0.6 is 0 Å². The van der Waals surface area contributed by atoms with Gasteiger partial charge in [0.05, 0.1) is 0 Å². The lowest BCUT2D eigenvalue weighted by molar-refractivity contribution is 0.637. The van der Waals surface area contributed by atoms with Gasteiger partial charge < -0.3 is 0 Å². The van der Waals surface area contributed by atoms with E-state index in [0.717, 1.165) is 5.57 Å². The van der Waals surface area contributed by atoms with Crippen LogP contribution in [0.3, 0.4) is 0 Å². The molecule has 5 rings (SSSR count). The van der Waals surface area contributed by atoms with Crippen molar-refractivity contribution in [3.05, 3.63) is 168 Å². The first kappa shape index (κ1) is 28.6. The van der Waals surface area contributed by atoms with Crippen LogP contribution in [-0.2, 0) is 5.41 Å². The van der Waals surface area contributed by atoms with E-state index in [1.54, 1.807) is 0 Å². The molecular formula is C40H40. The lowest BCUT2D eigenvalue weighted by Gasteiger charge is -2.28. The fraction of sp³-hybridized carbons (Fsp3) is 0.150. The molecule has 0 bridgehead atoms. The van der Waals surface area contributed by atoms with Crippen molar-refractivity contribution in [2.24, 2.45) is 0 Å². The van der Waals surface area contributed by atoms with Crippen LogP contribution < -0.4 is 0 Å². The number of allylic oxidation sites excluding steroid dienone is 3. The molecule has 0 unspecified atom stereocenters. The summed E-state index contributed by atoms with van der Waals surface area (Å²) in [7, 11) is 0. The van der Waals surface area contributed by atoms with Gasteiger partial charge in [-0.1, -0.05) is 166 Å². The standard InChI is InChI=1S/C33H32.C7H8/c1-6-12-25(3)33(4,5)32-22-21-29(23-24(32)2)26-17-19-28(20-18-26)31-16-11-10-15-30(31)27-13-8-7-9-14-27;1-7-5-3-2-4-6-7/h6-23H,3H2,1-2,4-5H3;2-6H,1H3/b12-6-;. The number of hydrogen-bond donors (Lipinski definition) is 0. The highest BCUT2D eigenvalue weighted by molar-refractivity contribution is 5.84. The second kappa shape index (κ2) is 13.1. The van der Waals surface area contributed by atoms with Crippen LogP contribution in [0.4, 0.5) is 0 Å². The van der Waals surface area contributed by atoms with Crippen LogP contribution in [0.25, 0.3) is 33.4 Å². The number of rotatable bonds is 6. The van der Waals surface area contributed by atoms with Crippen molar-refractivity contribution in [1.29, 1.82) is 0 Å². The van der Waals surface area contributed by atoms with Gasteiger partial charge in [-0.05, 0) is 70.9 Å². The molecular weight excluding hydrogens is 480 g/mol. The van der Waals surface area contributed by atoms with E-state index >= 15 is 0 Å². The molecule has 0 amide bonds. The molecule has 0 aliphatic heterocycles. The van der Waals surface area contributed by atoms with E-state index in [1.165, 1.54) is 50.1 Å². The highest BCUT2D eigenvalue weighted by Gasteiger charge is 2.24. The Bertz CT molecular complexity index is 1570. The first-order chi connectivity index (χ1) is 19.3. The maximum absolute atomic E-state index is 4.29. The van der Waals surface area contributed by atoms with Crippen molar-refractivity contribution in [3.63, 3.8) is 0 Å². The third kappa shape index (κ3) is 6.77. The van der Waals surface area contributed by atoms with Crippen LogP contribution in [0.15, 0.2) is 152 Å². The molecule has 0 atom stereocenters. The Hall–Kier alpha value is -4.42. The molecule has 200 valence electrons. The fourth-order valence-electron chi connectivity index (χ4n) is 5.11. The van der Waals surface area contributed by atoms with Crippen LogP contribution in [0, 0.1) is 13.8 Å². The zero-order valence-electron chi connectivity index (χ0n) is 24.5. The molecule has 0 heterocycles. The van der Waals surface area contributed by atoms with E-state index in [9.17, 15) is 0 Å². The topological polar surface area (TPSA) is 0 Å². The Morgan fingerprint density at radius 2 is 1.05 bits per heavy atom. The molecule has 0 N–H and O–H groups in total. The van der Waals surface area contributed by atoms with Gasteiger partial charge in [-0.15, -0.1) is 0 Å². The van der Waals surface area contributed by atoms with Crippen molar-refractivity contribution in [2.75, 3.05) is 0 Å². The van der Waals surface area contributed by atoms with Gasteiger partial charge in [-0.2, -0.15) is 0 Å². The summed E-state index contributed by atoms with van der Waals surface area (Å²) >= 11 is 0. The molecule has 0 saturated carbocycles. The average molecular weight is 521 g/mol. The van der Waals surface area contributed by atoms with Crippen LogP contribution in [-0.4, -0.2) is 0 Å². The van der Waals surface area contributed by atoms with E-state index in [4.69, 9.17) is 0 Å². The molecule has 0 fully saturated rings. The minimum atomic E-state index is -0.0971. The summed E-state index contributed by atoms with van der Waals surface area (Å²) in [5, 5.41) is 0. The molecule has 0 nitrogen and oxygen atoms in total. The van der Waals surface area contributed by atoms with Gasteiger partial charge in [-0.3, -0.25) is 0 Å². The predicted octanol–water partition coefficient (Wildman–Crippen LogP) is 11.4. The number of aryl methyl sites for hydroxylation is 2. The first-order valence-electron chi connectivity index (χ1n) is 14.0. The summed E-state index contributed by atoms with van der Waals surface area (Å²) in [6.45, 7) is 15.1. The van der Waals surface area contributed by atoms with E-state index < -0.39 is 0 Å². The van der Waals surface area contributed by atoms with E-state index in [1.807, 2.05) is 25.1 Å². The SMILES string of the molecule is C=C(/C=C\C)C(C)(C)c1ccc(-c2ccc(-c3ccccc3-c3ccccc3)cc2)cc1C.Cc1ccccc1. The van der Waals surface area contributed by atoms with Crippen molar-refractivity contribution in [1.82, 2.24) is 0 Å². The second-order valence-electron chi connectivity index (χ2n) is 10.8. The minimum Gasteiger partial charge on any atom is -0.0950 e. The lowest BCUT2D eigenvalue weighted by atomic mass is 9.75. The summed E-state index contributed by atoms with van der Waals surface area (Å²) in [6.07, 6.45) is 4.17. The molecule has 0 aromatic heterocycles. The molecule has 0 saturated heterocycles. The highest BCUT2D eigenvalue weighted by atomic mass is 14.3. The molecule has 0 aliphatic rings. The third-order valence-corrected chi connectivity index (χ3v) is 7.55. The first-order valence-corrected chi connectivity index (χ1v) is 14.0. The summed E-state index contributed by atoms with van der Waals surface area (Å²) in [6, 6.07) is 45.2. The molecule has 5 aromatic carbocycles. The van der Waals surface area contributed by atoms with Crippen molar-refractivity contribution < 1.29 is 0 Å². The van der Waals surface area contributed by atoms with Gasteiger partial charge in [0, 0.05) is 5.41 Å². The van der Waals surface area contributed by atoms with Gasteiger partial charge in [0.25, 0.3) is 0 Å². The quantitative estimate of drug-likeness (QED) is 0.195. The number of hydrogen-bond acceptors (Lipinski definition) is 0. The van der Waals surface area contributed by atoms with Crippen LogP contribution in [0.2, 0.25) is 0 Å². The Morgan fingerprint density at radius 1 is 0.575 bits per heavy atom. The predicted molar refractivity (Wildman–Crippen MR) is 176 cm³/mol. The smallest absolute Gasteiger partial charge is 0.0143 e.